The molecule has 2 rings (SSSR count). The van der Waals surface area contributed by atoms with Crippen LogP contribution in [0.25, 0.3) is 0 Å². The molecule has 10 heteroatoms. The number of carbonyl (C=O) groups excluding carboxylic acids is 2. The van der Waals surface area contributed by atoms with E-state index in [0.717, 1.165) is 0 Å². The van der Waals surface area contributed by atoms with Gasteiger partial charge in [0.15, 0.2) is 5.78 Å². The van der Waals surface area contributed by atoms with Crippen molar-refractivity contribution in [2.45, 2.75) is 40.7 Å². The standard InChI is InChI=1S/C24H30ClN3O6/c1-6-31-17-10-16(11-18(12-17)32-7-2)27-28-22(15(5)29)24(30)26-23-20(25)13-19(33-8-3)14-21(23)34-9-4/h10-14,22H,6-9H2,1-5H3,(H,26,30). The minimum absolute atomic E-state index is 0.202. The van der Waals surface area contributed by atoms with E-state index in [1.165, 1.54) is 6.92 Å². The van der Waals surface area contributed by atoms with E-state index in [1.807, 2.05) is 20.8 Å². The summed E-state index contributed by atoms with van der Waals surface area (Å²) in [5.41, 5.74) is 0.595. The van der Waals surface area contributed by atoms with Gasteiger partial charge in [-0.1, -0.05) is 11.6 Å². The number of anilines is 1. The van der Waals surface area contributed by atoms with Crippen LogP contribution >= 0.6 is 11.6 Å². The molecule has 1 atom stereocenters. The average molecular weight is 492 g/mol. The Hall–Kier alpha value is -3.33. The minimum atomic E-state index is -1.40. The van der Waals surface area contributed by atoms with Crippen molar-refractivity contribution in [2.75, 3.05) is 31.7 Å². The summed E-state index contributed by atoms with van der Waals surface area (Å²) in [6, 6.07) is 6.78. The molecule has 1 amide bonds. The molecular formula is C24H30ClN3O6. The zero-order valence-corrected chi connectivity index (χ0v) is 20.8. The van der Waals surface area contributed by atoms with Gasteiger partial charge in [-0.3, -0.25) is 9.59 Å². The van der Waals surface area contributed by atoms with Crippen molar-refractivity contribution < 1.29 is 28.5 Å². The highest BCUT2D eigenvalue weighted by atomic mass is 35.5. The number of azo groups is 1. The zero-order valence-electron chi connectivity index (χ0n) is 20.0. The molecule has 1 N–H and O–H groups in total. The molecule has 34 heavy (non-hydrogen) atoms. The normalized spacial score (nSPS) is 11.7. The molecule has 0 aliphatic heterocycles. The Morgan fingerprint density at radius 1 is 0.853 bits per heavy atom. The monoisotopic (exact) mass is 491 g/mol. The number of benzene rings is 2. The number of nitrogens with zero attached hydrogens (tertiary/aromatic N) is 2. The van der Waals surface area contributed by atoms with Crippen molar-refractivity contribution in [2.24, 2.45) is 10.2 Å². The number of ketones is 1. The Bertz CT molecular complexity index is 1000. The average Bonchev–Trinajstić information content (AvgIpc) is 2.77. The van der Waals surface area contributed by atoms with Crippen LogP contribution in [0.5, 0.6) is 23.0 Å². The van der Waals surface area contributed by atoms with Crippen LogP contribution < -0.4 is 24.3 Å². The number of halogens is 1. The second-order valence-corrected chi connectivity index (χ2v) is 7.30. The van der Waals surface area contributed by atoms with Crippen LogP contribution in [0.2, 0.25) is 5.02 Å². The van der Waals surface area contributed by atoms with Gasteiger partial charge in [0.05, 0.1) is 37.1 Å². The van der Waals surface area contributed by atoms with Crippen molar-refractivity contribution in [1.82, 2.24) is 0 Å². The fourth-order valence-corrected chi connectivity index (χ4v) is 3.20. The van der Waals surface area contributed by atoms with E-state index in [-0.39, 0.29) is 10.7 Å². The Morgan fingerprint density at radius 2 is 1.38 bits per heavy atom. The second kappa shape index (κ2) is 13.4. The van der Waals surface area contributed by atoms with Gasteiger partial charge in [-0.25, -0.2) is 0 Å². The van der Waals surface area contributed by atoms with E-state index in [0.29, 0.717) is 55.1 Å². The highest BCUT2D eigenvalue weighted by Gasteiger charge is 2.25. The van der Waals surface area contributed by atoms with Crippen LogP contribution in [-0.2, 0) is 9.59 Å². The van der Waals surface area contributed by atoms with Crippen molar-refractivity contribution >= 4 is 34.7 Å². The molecule has 0 saturated carbocycles. The third-order valence-electron chi connectivity index (χ3n) is 4.30. The number of Topliss-reactive ketones (excluding diaryl/α,β-unsaturated/α-hetero) is 1. The molecule has 0 radical (unpaired) electrons. The summed E-state index contributed by atoms with van der Waals surface area (Å²) in [4.78, 5) is 25.2. The molecule has 2 aromatic rings. The van der Waals surface area contributed by atoms with Gasteiger partial charge < -0.3 is 24.3 Å². The van der Waals surface area contributed by atoms with Crippen molar-refractivity contribution in [3.05, 3.63) is 35.4 Å². The maximum absolute atomic E-state index is 13.0. The first-order valence-corrected chi connectivity index (χ1v) is 11.4. The molecule has 0 heterocycles. The van der Waals surface area contributed by atoms with Gasteiger partial charge in [0.1, 0.15) is 28.7 Å². The second-order valence-electron chi connectivity index (χ2n) is 6.89. The van der Waals surface area contributed by atoms with Crippen LogP contribution in [-0.4, -0.2) is 44.2 Å². The fraction of sp³-hybridized carbons (Fsp3) is 0.417. The van der Waals surface area contributed by atoms with E-state index in [2.05, 4.69) is 15.5 Å². The van der Waals surface area contributed by atoms with E-state index in [1.54, 1.807) is 37.3 Å². The molecule has 1 unspecified atom stereocenters. The quantitative estimate of drug-likeness (QED) is 0.288. The Kier molecular flexibility index (Phi) is 10.6. The first kappa shape index (κ1) is 26.9. The number of ether oxygens (including phenoxy) is 4. The van der Waals surface area contributed by atoms with E-state index in [4.69, 9.17) is 30.5 Å². The summed E-state index contributed by atoms with van der Waals surface area (Å²) in [6.45, 7) is 10.3. The molecule has 0 aromatic heterocycles. The van der Waals surface area contributed by atoms with E-state index >= 15 is 0 Å². The summed E-state index contributed by atoms with van der Waals surface area (Å²) in [5, 5.41) is 10.9. The lowest BCUT2D eigenvalue weighted by atomic mass is 10.2. The largest absolute Gasteiger partial charge is 0.494 e. The Labute approximate surface area is 204 Å². The van der Waals surface area contributed by atoms with Gasteiger partial charge in [-0.15, -0.1) is 0 Å². The van der Waals surface area contributed by atoms with Crippen molar-refractivity contribution in [1.29, 1.82) is 0 Å². The van der Waals surface area contributed by atoms with Crippen LogP contribution in [0, 0.1) is 0 Å². The number of amides is 1. The predicted molar refractivity (Wildman–Crippen MR) is 130 cm³/mol. The molecule has 2 aromatic carbocycles. The Morgan fingerprint density at radius 3 is 1.88 bits per heavy atom. The number of hydrogen-bond donors (Lipinski definition) is 1. The third kappa shape index (κ3) is 7.62. The highest BCUT2D eigenvalue weighted by Crippen LogP contribution is 2.37. The lowest BCUT2D eigenvalue weighted by molar-refractivity contribution is -0.126. The summed E-state index contributed by atoms with van der Waals surface area (Å²) in [7, 11) is 0. The van der Waals surface area contributed by atoms with Crippen LogP contribution in [0.3, 0.4) is 0 Å². The summed E-state index contributed by atoms with van der Waals surface area (Å²) >= 11 is 6.36. The van der Waals surface area contributed by atoms with E-state index in [9.17, 15) is 9.59 Å². The van der Waals surface area contributed by atoms with Crippen LogP contribution in [0.1, 0.15) is 34.6 Å². The van der Waals surface area contributed by atoms with Crippen LogP contribution in [0.4, 0.5) is 11.4 Å². The number of hydrogen-bond acceptors (Lipinski definition) is 8. The fourth-order valence-electron chi connectivity index (χ4n) is 2.95. The van der Waals surface area contributed by atoms with E-state index < -0.39 is 17.7 Å². The van der Waals surface area contributed by atoms with Crippen molar-refractivity contribution in [3.8, 4) is 23.0 Å². The predicted octanol–water partition coefficient (Wildman–Crippen LogP) is 5.61. The van der Waals surface area contributed by atoms with Gasteiger partial charge >= 0.3 is 0 Å². The molecule has 0 fully saturated rings. The SMILES string of the molecule is CCOc1cc(N=NC(C(C)=O)C(=O)Nc2c(Cl)cc(OCC)cc2OCC)cc(OCC)c1. The summed E-state index contributed by atoms with van der Waals surface area (Å²) in [6.07, 6.45) is 0. The molecular weight excluding hydrogens is 462 g/mol. The lowest BCUT2D eigenvalue weighted by Gasteiger charge is -2.16. The van der Waals surface area contributed by atoms with Crippen LogP contribution in [0.15, 0.2) is 40.6 Å². The van der Waals surface area contributed by atoms with Gasteiger partial charge in [-0.05, 0) is 34.6 Å². The summed E-state index contributed by atoms with van der Waals surface area (Å²) in [5.74, 6) is 0.692. The summed E-state index contributed by atoms with van der Waals surface area (Å²) < 4.78 is 22.1. The lowest BCUT2D eigenvalue weighted by Crippen LogP contribution is -2.32. The number of rotatable bonds is 13. The van der Waals surface area contributed by atoms with Gasteiger partial charge in [0, 0.05) is 30.3 Å². The van der Waals surface area contributed by atoms with Gasteiger partial charge in [0.25, 0.3) is 5.91 Å². The topological polar surface area (TPSA) is 108 Å². The molecule has 0 aliphatic rings. The third-order valence-corrected chi connectivity index (χ3v) is 4.59. The van der Waals surface area contributed by atoms with Crippen molar-refractivity contribution in [3.63, 3.8) is 0 Å². The maximum atomic E-state index is 13.0. The smallest absolute Gasteiger partial charge is 0.258 e. The molecule has 184 valence electrons. The first-order chi connectivity index (χ1) is 16.3. The molecule has 0 aliphatic carbocycles. The first-order valence-electron chi connectivity index (χ1n) is 11.0. The molecule has 0 spiro atoms. The maximum Gasteiger partial charge on any atom is 0.258 e. The highest BCUT2D eigenvalue weighted by molar-refractivity contribution is 6.34. The number of carbonyl (C=O) groups is 2. The Balaban J connectivity index is 2.32. The number of nitrogens with one attached hydrogen (secondary N) is 1. The molecule has 0 saturated heterocycles. The molecule has 0 bridgehead atoms. The zero-order chi connectivity index (χ0) is 25.1. The van der Waals surface area contributed by atoms with Gasteiger partial charge in [0.2, 0.25) is 6.04 Å². The minimum Gasteiger partial charge on any atom is -0.494 e. The molecule has 9 nitrogen and oxygen atoms in total. The van der Waals surface area contributed by atoms with Gasteiger partial charge in [-0.2, -0.15) is 10.2 Å².